The van der Waals surface area contributed by atoms with Crippen molar-refractivity contribution in [2.45, 2.75) is 27.7 Å². The number of carbonyl (C=O) groups is 1. The molecule has 0 fully saturated rings. The van der Waals surface area contributed by atoms with E-state index in [-0.39, 0.29) is 5.78 Å². The van der Waals surface area contributed by atoms with E-state index in [4.69, 9.17) is 9.26 Å². The Morgan fingerprint density at radius 1 is 1.19 bits per heavy atom. The van der Waals surface area contributed by atoms with E-state index >= 15 is 0 Å². The van der Waals surface area contributed by atoms with Gasteiger partial charge in [-0.3, -0.25) is 4.79 Å². The molecular formula is C17H21NO3. The van der Waals surface area contributed by atoms with Gasteiger partial charge in [0, 0.05) is 5.57 Å². The Hall–Kier alpha value is -2.36. The molecule has 2 rings (SSSR count). The number of ketones is 1. The normalized spacial score (nSPS) is 9.57. The lowest BCUT2D eigenvalue weighted by molar-refractivity contribution is 0.105. The van der Waals surface area contributed by atoms with Crippen molar-refractivity contribution in [2.75, 3.05) is 7.11 Å². The van der Waals surface area contributed by atoms with Crippen molar-refractivity contribution < 1.29 is 14.1 Å². The fourth-order valence-electron chi connectivity index (χ4n) is 1.88. The maximum atomic E-state index is 12.4. The third-order valence-electron chi connectivity index (χ3n) is 2.97. The number of benzene rings is 1. The van der Waals surface area contributed by atoms with Crippen LogP contribution in [0.4, 0.5) is 0 Å². The summed E-state index contributed by atoms with van der Waals surface area (Å²) in [5, 5.41) is 3.78. The maximum Gasteiger partial charge on any atom is 0.198 e. The average molecular weight is 287 g/mol. The topological polar surface area (TPSA) is 52.3 Å². The molecule has 0 bridgehead atoms. The van der Waals surface area contributed by atoms with Crippen LogP contribution >= 0.6 is 0 Å². The summed E-state index contributed by atoms with van der Waals surface area (Å²) in [6, 6.07) is 7.19. The third-order valence-corrected chi connectivity index (χ3v) is 2.97. The summed E-state index contributed by atoms with van der Waals surface area (Å²) in [7, 11) is 1.60. The van der Waals surface area contributed by atoms with Crippen LogP contribution in [0.25, 0.3) is 5.57 Å². The lowest BCUT2D eigenvalue weighted by atomic mass is 9.97. The minimum absolute atomic E-state index is 0.165. The predicted octanol–water partition coefficient (Wildman–Crippen LogP) is 4.22. The quantitative estimate of drug-likeness (QED) is 0.624. The van der Waals surface area contributed by atoms with Crippen LogP contribution < -0.4 is 4.74 Å². The molecule has 1 heterocycles. The monoisotopic (exact) mass is 287 g/mol. The first-order chi connectivity index (χ1) is 10.0. The summed E-state index contributed by atoms with van der Waals surface area (Å²) >= 11 is 0. The third kappa shape index (κ3) is 3.60. The van der Waals surface area contributed by atoms with Gasteiger partial charge in [0.2, 0.25) is 0 Å². The molecule has 0 radical (unpaired) electrons. The molecule has 2 aromatic rings. The van der Waals surface area contributed by atoms with Crippen molar-refractivity contribution in [3.8, 4) is 5.75 Å². The second-order valence-corrected chi connectivity index (χ2v) is 4.24. The highest BCUT2D eigenvalue weighted by Gasteiger charge is 2.20. The first-order valence-electron chi connectivity index (χ1n) is 6.85. The molecule has 0 saturated heterocycles. The zero-order chi connectivity index (χ0) is 16.0. The Bertz CT molecular complexity index is 604. The van der Waals surface area contributed by atoms with Gasteiger partial charge in [-0.15, -0.1) is 0 Å². The van der Waals surface area contributed by atoms with Crippen molar-refractivity contribution in [1.29, 1.82) is 0 Å². The molecule has 0 aliphatic rings. The number of hydrogen-bond donors (Lipinski definition) is 0. The highest BCUT2D eigenvalue weighted by molar-refractivity contribution is 6.29. The van der Waals surface area contributed by atoms with Gasteiger partial charge in [-0.25, -0.2) is 0 Å². The minimum Gasteiger partial charge on any atom is -0.497 e. The van der Waals surface area contributed by atoms with Crippen molar-refractivity contribution in [2.24, 2.45) is 0 Å². The van der Waals surface area contributed by atoms with E-state index in [0.717, 1.165) is 11.3 Å². The van der Waals surface area contributed by atoms with Crippen molar-refractivity contribution in [1.82, 2.24) is 5.16 Å². The van der Waals surface area contributed by atoms with Gasteiger partial charge < -0.3 is 9.26 Å². The van der Waals surface area contributed by atoms with Gasteiger partial charge in [0.15, 0.2) is 5.78 Å². The highest BCUT2D eigenvalue weighted by atomic mass is 16.5. The molecule has 0 spiro atoms. The second kappa shape index (κ2) is 7.43. The Labute approximate surface area is 125 Å². The van der Waals surface area contributed by atoms with Crippen molar-refractivity contribution in [3.63, 3.8) is 0 Å². The molecule has 4 nitrogen and oxygen atoms in total. The first kappa shape index (κ1) is 16.7. The van der Waals surface area contributed by atoms with Crippen LogP contribution in [0, 0.1) is 13.8 Å². The minimum atomic E-state index is -0.165. The average Bonchev–Trinajstić information content (AvgIpc) is 2.87. The summed E-state index contributed by atoms with van der Waals surface area (Å²) in [4.78, 5) is 12.4. The second-order valence-electron chi connectivity index (χ2n) is 4.24. The van der Waals surface area contributed by atoms with Gasteiger partial charge in [-0.1, -0.05) is 37.7 Å². The van der Waals surface area contributed by atoms with Crippen LogP contribution in [-0.4, -0.2) is 18.0 Å². The van der Waals surface area contributed by atoms with Gasteiger partial charge in [-0.05, 0) is 31.5 Å². The van der Waals surface area contributed by atoms with Crippen LogP contribution in [0.1, 0.15) is 41.2 Å². The highest BCUT2D eigenvalue weighted by Crippen LogP contribution is 2.24. The smallest absolute Gasteiger partial charge is 0.198 e. The van der Waals surface area contributed by atoms with Crippen LogP contribution in [0.2, 0.25) is 0 Å². The zero-order valence-electron chi connectivity index (χ0n) is 13.2. The summed E-state index contributed by atoms with van der Waals surface area (Å²) in [5.74, 6) is 1.08. The van der Waals surface area contributed by atoms with Gasteiger partial charge in [0.05, 0.1) is 18.4 Å². The Morgan fingerprint density at radius 2 is 1.76 bits per heavy atom. The number of nitrogens with zero attached hydrogens (tertiary/aromatic N) is 1. The van der Waals surface area contributed by atoms with Crippen LogP contribution in [-0.2, 0) is 0 Å². The van der Waals surface area contributed by atoms with Crippen LogP contribution in [0.3, 0.4) is 0 Å². The van der Waals surface area contributed by atoms with Gasteiger partial charge in [0.25, 0.3) is 0 Å². The van der Waals surface area contributed by atoms with Gasteiger partial charge in [-0.2, -0.15) is 0 Å². The molecule has 0 atom stereocenters. The number of allylic oxidation sites excluding steroid dienone is 1. The van der Waals surface area contributed by atoms with Crippen LogP contribution in [0.15, 0.2) is 35.4 Å². The molecule has 1 aromatic heterocycles. The zero-order valence-corrected chi connectivity index (χ0v) is 13.2. The number of methoxy groups -OCH3 is 1. The van der Waals surface area contributed by atoms with E-state index in [0.29, 0.717) is 22.6 Å². The molecule has 0 aliphatic heterocycles. The van der Waals surface area contributed by atoms with Crippen LogP contribution in [0.5, 0.6) is 5.75 Å². The van der Waals surface area contributed by atoms with E-state index in [2.05, 4.69) is 11.7 Å². The molecule has 4 heteroatoms. The SMILES string of the molecule is C=C(C(=O)c1c(C)noc1C)c1ccc(OC)cc1.CC. The fourth-order valence-corrected chi connectivity index (χ4v) is 1.88. The number of rotatable bonds is 4. The number of carbonyl (C=O) groups excluding carboxylic acids is 1. The number of ether oxygens (including phenoxy) is 1. The Balaban J connectivity index is 0.00000106. The van der Waals surface area contributed by atoms with E-state index in [9.17, 15) is 4.79 Å². The molecular weight excluding hydrogens is 266 g/mol. The van der Waals surface area contributed by atoms with Gasteiger partial charge in [0.1, 0.15) is 11.5 Å². The summed E-state index contributed by atoms with van der Waals surface area (Å²) in [5.41, 5.74) is 2.24. The van der Waals surface area contributed by atoms with E-state index < -0.39 is 0 Å². The standard InChI is InChI=1S/C15H15NO3.C2H6/c1-9(12-5-7-13(18-4)8-6-12)15(17)14-10(2)16-19-11(14)3;1-2/h5-8H,1H2,2-4H3;1-2H3. The summed E-state index contributed by atoms with van der Waals surface area (Å²) < 4.78 is 10.1. The predicted molar refractivity (Wildman–Crippen MR) is 83.7 cm³/mol. The summed E-state index contributed by atoms with van der Waals surface area (Å²) in [6.45, 7) is 11.3. The molecule has 21 heavy (non-hydrogen) atoms. The molecule has 0 amide bonds. The number of aryl methyl sites for hydroxylation is 2. The molecule has 0 saturated carbocycles. The molecule has 0 unspecified atom stereocenters. The molecule has 0 aliphatic carbocycles. The molecule has 112 valence electrons. The fraction of sp³-hybridized carbons (Fsp3) is 0.294. The largest absolute Gasteiger partial charge is 0.497 e. The number of aromatic nitrogens is 1. The van der Waals surface area contributed by atoms with Crippen molar-refractivity contribution in [3.05, 3.63) is 53.4 Å². The number of Topliss-reactive ketones (excluding diaryl/α,β-unsaturated/α-hetero) is 1. The number of hydrogen-bond acceptors (Lipinski definition) is 4. The molecule has 0 N–H and O–H groups in total. The lowest BCUT2D eigenvalue weighted by Gasteiger charge is -2.06. The van der Waals surface area contributed by atoms with E-state index in [1.54, 1.807) is 45.2 Å². The maximum absolute atomic E-state index is 12.4. The lowest BCUT2D eigenvalue weighted by Crippen LogP contribution is -2.04. The molecule has 1 aromatic carbocycles. The van der Waals surface area contributed by atoms with E-state index in [1.807, 2.05) is 13.8 Å². The Morgan fingerprint density at radius 3 is 2.19 bits per heavy atom. The first-order valence-corrected chi connectivity index (χ1v) is 6.85. The Kier molecular flexibility index (Phi) is 5.91. The van der Waals surface area contributed by atoms with Crippen molar-refractivity contribution >= 4 is 11.4 Å². The van der Waals surface area contributed by atoms with E-state index in [1.165, 1.54) is 0 Å². The summed E-state index contributed by atoms with van der Waals surface area (Å²) in [6.07, 6.45) is 0. The van der Waals surface area contributed by atoms with Gasteiger partial charge >= 0.3 is 0 Å².